The van der Waals surface area contributed by atoms with Crippen molar-refractivity contribution in [2.75, 3.05) is 51.3 Å². The maximum Gasteiger partial charge on any atom is 0.318 e. The van der Waals surface area contributed by atoms with Crippen molar-refractivity contribution in [3.05, 3.63) is 36.4 Å². The number of anilines is 1. The van der Waals surface area contributed by atoms with E-state index in [0.29, 0.717) is 32.7 Å². The molecule has 3 rings (SSSR count). The van der Waals surface area contributed by atoms with Gasteiger partial charge in [-0.1, -0.05) is 19.1 Å². The Morgan fingerprint density at radius 1 is 1.12 bits per heavy atom. The number of nitrogens with one attached hydrogen (secondary N) is 1. The van der Waals surface area contributed by atoms with Crippen molar-refractivity contribution in [3.63, 3.8) is 0 Å². The SMILES string of the molecule is CCNC(=O)N(CC(=O)N1CCN(c2ccc(-c3cccc(OC)c3)nn2)CC1)C(C)CC. The second-order valence-electron chi connectivity index (χ2n) is 8.10. The average Bonchev–Trinajstić information content (AvgIpc) is 2.87. The Morgan fingerprint density at radius 2 is 1.88 bits per heavy atom. The Morgan fingerprint density at radius 3 is 2.48 bits per heavy atom. The van der Waals surface area contributed by atoms with E-state index in [1.165, 1.54) is 0 Å². The van der Waals surface area contributed by atoms with Gasteiger partial charge < -0.3 is 24.8 Å². The molecule has 1 N–H and O–H groups in total. The van der Waals surface area contributed by atoms with Gasteiger partial charge in [0.2, 0.25) is 5.91 Å². The van der Waals surface area contributed by atoms with Crippen LogP contribution in [0.2, 0.25) is 0 Å². The van der Waals surface area contributed by atoms with Crippen molar-refractivity contribution in [1.82, 2.24) is 25.3 Å². The first kappa shape index (κ1) is 24.3. The van der Waals surface area contributed by atoms with Gasteiger partial charge >= 0.3 is 6.03 Å². The van der Waals surface area contributed by atoms with E-state index in [1.54, 1.807) is 12.0 Å². The molecule has 1 fully saturated rings. The summed E-state index contributed by atoms with van der Waals surface area (Å²) in [6.07, 6.45) is 0.794. The predicted molar refractivity (Wildman–Crippen MR) is 128 cm³/mol. The predicted octanol–water partition coefficient (Wildman–Crippen LogP) is 2.63. The number of methoxy groups -OCH3 is 1. The smallest absolute Gasteiger partial charge is 0.318 e. The second-order valence-corrected chi connectivity index (χ2v) is 8.10. The number of aromatic nitrogens is 2. The fourth-order valence-corrected chi connectivity index (χ4v) is 3.76. The quantitative estimate of drug-likeness (QED) is 0.659. The number of carbonyl (C=O) groups excluding carboxylic acids is 2. The number of piperazine rings is 1. The number of nitrogens with zero attached hydrogens (tertiary/aromatic N) is 5. The van der Waals surface area contributed by atoms with E-state index in [2.05, 4.69) is 20.4 Å². The molecule has 1 aliphatic heterocycles. The van der Waals surface area contributed by atoms with Crippen molar-refractivity contribution in [3.8, 4) is 17.0 Å². The van der Waals surface area contributed by atoms with Gasteiger partial charge in [0.25, 0.3) is 0 Å². The van der Waals surface area contributed by atoms with E-state index in [0.717, 1.165) is 29.2 Å². The fourth-order valence-electron chi connectivity index (χ4n) is 3.76. The largest absolute Gasteiger partial charge is 0.497 e. The molecule has 1 aliphatic rings. The molecule has 1 atom stereocenters. The molecule has 0 radical (unpaired) electrons. The standard InChI is InChI=1S/C24H34N6O3/c1-5-18(3)30(24(32)25-6-2)17-23(31)29-14-12-28(13-15-29)22-11-10-21(26-27-22)19-8-7-9-20(16-19)33-4/h7-11,16,18H,5-6,12-15,17H2,1-4H3,(H,25,32). The summed E-state index contributed by atoms with van der Waals surface area (Å²) in [7, 11) is 1.64. The molecule has 2 heterocycles. The van der Waals surface area contributed by atoms with Crippen LogP contribution in [0.3, 0.4) is 0 Å². The van der Waals surface area contributed by atoms with Crippen LogP contribution in [0.5, 0.6) is 5.75 Å². The molecule has 2 aromatic rings. The van der Waals surface area contributed by atoms with Crippen LogP contribution in [0.25, 0.3) is 11.3 Å². The summed E-state index contributed by atoms with van der Waals surface area (Å²) in [6.45, 7) is 9.00. The lowest BCUT2D eigenvalue weighted by Gasteiger charge is -2.37. The number of hydrogen-bond donors (Lipinski definition) is 1. The lowest BCUT2D eigenvalue weighted by atomic mass is 10.1. The second kappa shape index (κ2) is 11.5. The van der Waals surface area contributed by atoms with Crippen LogP contribution in [0, 0.1) is 0 Å². The zero-order valence-corrected chi connectivity index (χ0v) is 20.0. The number of ether oxygens (including phenoxy) is 1. The molecule has 9 nitrogen and oxygen atoms in total. The number of amides is 3. The number of hydrogen-bond acceptors (Lipinski definition) is 6. The minimum Gasteiger partial charge on any atom is -0.497 e. The van der Waals surface area contributed by atoms with Gasteiger partial charge in [0.1, 0.15) is 12.3 Å². The third-order valence-corrected chi connectivity index (χ3v) is 5.99. The molecular weight excluding hydrogens is 420 g/mol. The molecule has 9 heteroatoms. The molecule has 178 valence electrons. The van der Waals surface area contributed by atoms with Crippen LogP contribution in [0.15, 0.2) is 36.4 Å². The Labute approximate surface area is 195 Å². The first-order chi connectivity index (χ1) is 16.0. The highest BCUT2D eigenvalue weighted by molar-refractivity contribution is 5.84. The van der Waals surface area contributed by atoms with E-state index >= 15 is 0 Å². The minimum atomic E-state index is -0.190. The molecule has 1 unspecified atom stereocenters. The van der Waals surface area contributed by atoms with Crippen LogP contribution < -0.4 is 15.0 Å². The highest BCUT2D eigenvalue weighted by Gasteiger charge is 2.27. The molecule has 0 saturated carbocycles. The molecule has 33 heavy (non-hydrogen) atoms. The molecule has 0 aliphatic carbocycles. The van der Waals surface area contributed by atoms with E-state index in [9.17, 15) is 9.59 Å². The van der Waals surface area contributed by atoms with Crippen molar-refractivity contribution >= 4 is 17.8 Å². The monoisotopic (exact) mass is 454 g/mol. The van der Waals surface area contributed by atoms with Gasteiger partial charge in [-0.15, -0.1) is 10.2 Å². The summed E-state index contributed by atoms with van der Waals surface area (Å²) in [5.74, 6) is 1.54. The van der Waals surface area contributed by atoms with Gasteiger partial charge in [-0.2, -0.15) is 0 Å². The number of benzene rings is 1. The van der Waals surface area contributed by atoms with Crippen molar-refractivity contribution < 1.29 is 14.3 Å². The first-order valence-electron chi connectivity index (χ1n) is 11.5. The summed E-state index contributed by atoms with van der Waals surface area (Å²) in [6, 6.07) is 11.4. The van der Waals surface area contributed by atoms with Gasteiger partial charge in [-0.25, -0.2) is 4.79 Å². The topological polar surface area (TPSA) is 90.9 Å². The Kier molecular flexibility index (Phi) is 8.46. The van der Waals surface area contributed by atoms with Crippen LogP contribution in [-0.2, 0) is 4.79 Å². The minimum absolute atomic E-state index is 0.000149. The molecular formula is C24H34N6O3. The summed E-state index contributed by atoms with van der Waals surface area (Å²) >= 11 is 0. The van der Waals surface area contributed by atoms with E-state index in [-0.39, 0.29) is 24.5 Å². The number of rotatable bonds is 8. The maximum absolute atomic E-state index is 12.9. The third kappa shape index (κ3) is 6.12. The van der Waals surface area contributed by atoms with Gasteiger partial charge in [0, 0.05) is 44.3 Å². The molecule has 1 aromatic carbocycles. The molecule has 3 amide bonds. The average molecular weight is 455 g/mol. The summed E-state index contributed by atoms with van der Waals surface area (Å²) < 4.78 is 5.28. The van der Waals surface area contributed by atoms with Gasteiger partial charge in [0.15, 0.2) is 5.82 Å². The van der Waals surface area contributed by atoms with E-state index in [4.69, 9.17) is 4.74 Å². The maximum atomic E-state index is 12.9. The van der Waals surface area contributed by atoms with Gasteiger partial charge in [-0.3, -0.25) is 4.79 Å². The Bertz CT molecular complexity index is 928. The lowest BCUT2D eigenvalue weighted by Crippen LogP contribution is -2.54. The summed E-state index contributed by atoms with van der Waals surface area (Å²) in [5.41, 5.74) is 1.73. The van der Waals surface area contributed by atoms with Crippen LogP contribution in [0.1, 0.15) is 27.2 Å². The zero-order chi connectivity index (χ0) is 23.8. The molecule has 1 aromatic heterocycles. The molecule has 1 saturated heterocycles. The Balaban J connectivity index is 1.57. The number of urea groups is 1. The van der Waals surface area contributed by atoms with Crippen LogP contribution in [0.4, 0.5) is 10.6 Å². The Hall–Kier alpha value is -3.36. The number of carbonyl (C=O) groups is 2. The normalized spacial score (nSPS) is 14.5. The summed E-state index contributed by atoms with van der Waals surface area (Å²) in [5, 5.41) is 11.6. The van der Waals surface area contributed by atoms with Gasteiger partial charge in [-0.05, 0) is 44.5 Å². The van der Waals surface area contributed by atoms with Crippen LogP contribution in [-0.4, -0.2) is 84.4 Å². The van der Waals surface area contributed by atoms with Crippen molar-refractivity contribution in [2.24, 2.45) is 0 Å². The highest BCUT2D eigenvalue weighted by Crippen LogP contribution is 2.23. The van der Waals surface area contributed by atoms with E-state index in [1.807, 2.05) is 62.1 Å². The van der Waals surface area contributed by atoms with Gasteiger partial charge in [0.05, 0.1) is 12.8 Å². The lowest BCUT2D eigenvalue weighted by molar-refractivity contribution is -0.132. The van der Waals surface area contributed by atoms with Crippen LogP contribution >= 0.6 is 0 Å². The fraction of sp³-hybridized carbons (Fsp3) is 0.500. The van der Waals surface area contributed by atoms with Crippen molar-refractivity contribution in [2.45, 2.75) is 33.2 Å². The van der Waals surface area contributed by atoms with E-state index < -0.39 is 0 Å². The zero-order valence-electron chi connectivity index (χ0n) is 20.0. The molecule has 0 spiro atoms. The highest BCUT2D eigenvalue weighted by atomic mass is 16.5. The summed E-state index contributed by atoms with van der Waals surface area (Å²) in [4.78, 5) is 30.8. The van der Waals surface area contributed by atoms with Crippen molar-refractivity contribution in [1.29, 1.82) is 0 Å². The third-order valence-electron chi connectivity index (χ3n) is 5.99. The molecule has 0 bridgehead atoms. The first-order valence-corrected chi connectivity index (χ1v) is 11.5.